The van der Waals surface area contributed by atoms with Crippen LogP contribution in [0.15, 0.2) is 24.3 Å². The van der Waals surface area contributed by atoms with Gasteiger partial charge < -0.3 is 15.1 Å². The number of amides is 4. The lowest BCUT2D eigenvalue weighted by Crippen LogP contribution is -2.56. The van der Waals surface area contributed by atoms with E-state index in [2.05, 4.69) is 17.1 Å². The largest absolute Gasteiger partial charge is 0.340 e. The van der Waals surface area contributed by atoms with Crippen LogP contribution in [0, 0.1) is 5.82 Å². The van der Waals surface area contributed by atoms with E-state index in [0.29, 0.717) is 44.3 Å². The van der Waals surface area contributed by atoms with Crippen molar-refractivity contribution >= 4 is 17.8 Å². The lowest BCUT2D eigenvalue weighted by molar-refractivity contribution is -0.138. The van der Waals surface area contributed by atoms with Crippen LogP contribution in [0.4, 0.5) is 9.18 Å². The summed E-state index contributed by atoms with van der Waals surface area (Å²) in [5.74, 6) is -0.728. The Morgan fingerprint density at radius 2 is 1.93 bits per heavy atom. The SMILES string of the molecule is CCN1CCC2(CC1)NC(=O)N([C@H]1CCCN(C(=O)Cc3ccccc3F)C1)C2=O. The van der Waals surface area contributed by atoms with Crippen molar-refractivity contribution in [2.45, 2.75) is 50.6 Å². The standard InChI is InChI=1S/C22H29FN4O3/c1-2-25-12-9-22(10-13-25)20(29)27(21(30)24-22)17-7-5-11-26(15-17)19(28)14-16-6-3-4-8-18(16)23/h3-4,6,8,17H,2,5,7,9-15H2,1H3,(H,24,30)/t17-/m0/s1. The summed E-state index contributed by atoms with van der Waals surface area (Å²) in [4.78, 5) is 44.1. The number of hydrogen-bond acceptors (Lipinski definition) is 4. The van der Waals surface area contributed by atoms with Crippen molar-refractivity contribution in [2.75, 3.05) is 32.7 Å². The molecule has 4 rings (SSSR count). The second kappa shape index (κ2) is 8.34. The van der Waals surface area contributed by atoms with Gasteiger partial charge in [-0.25, -0.2) is 9.18 Å². The van der Waals surface area contributed by atoms with Gasteiger partial charge in [0.15, 0.2) is 0 Å². The average Bonchev–Trinajstić information content (AvgIpc) is 2.99. The average molecular weight is 416 g/mol. The fourth-order valence-corrected chi connectivity index (χ4v) is 4.87. The summed E-state index contributed by atoms with van der Waals surface area (Å²) in [6, 6.07) is 5.58. The molecule has 1 N–H and O–H groups in total. The summed E-state index contributed by atoms with van der Waals surface area (Å²) in [7, 11) is 0. The Kier molecular flexibility index (Phi) is 5.77. The van der Waals surface area contributed by atoms with Crippen LogP contribution in [-0.4, -0.2) is 76.8 Å². The maximum Gasteiger partial charge on any atom is 0.325 e. The molecule has 4 amide bonds. The molecular formula is C22H29FN4O3. The van der Waals surface area contributed by atoms with Crippen molar-refractivity contribution in [3.8, 4) is 0 Å². The lowest BCUT2D eigenvalue weighted by Gasteiger charge is -2.39. The molecule has 7 nitrogen and oxygen atoms in total. The van der Waals surface area contributed by atoms with Gasteiger partial charge in [0.05, 0.1) is 12.5 Å². The molecule has 1 aromatic carbocycles. The van der Waals surface area contributed by atoms with Crippen LogP contribution in [0.5, 0.6) is 0 Å². The first-order valence-electron chi connectivity index (χ1n) is 10.8. The van der Waals surface area contributed by atoms with E-state index < -0.39 is 11.4 Å². The van der Waals surface area contributed by atoms with Gasteiger partial charge in [-0.05, 0) is 43.9 Å². The minimum absolute atomic E-state index is 0.0175. The number of hydrogen-bond donors (Lipinski definition) is 1. The fourth-order valence-electron chi connectivity index (χ4n) is 4.87. The lowest BCUT2D eigenvalue weighted by atomic mass is 9.87. The molecular weight excluding hydrogens is 387 g/mol. The Labute approximate surface area is 176 Å². The van der Waals surface area contributed by atoms with Gasteiger partial charge in [0.1, 0.15) is 11.4 Å². The zero-order valence-corrected chi connectivity index (χ0v) is 17.4. The number of nitrogens with one attached hydrogen (secondary N) is 1. The highest BCUT2D eigenvalue weighted by Gasteiger charge is 2.54. The molecule has 1 spiro atoms. The second-order valence-electron chi connectivity index (χ2n) is 8.53. The first kappa shape index (κ1) is 20.8. The molecule has 3 saturated heterocycles. The van der Waals surface area contributed by atoms with Gasteiger partial charge in [-0.2, -0.15) is 0 Å². The molecule has 0 aromatic heterocycles. The van der Waals surface area contributed by atoms with Crippen molar-refractivity contribution in [1.82, 2.24) is 20.0 Å². The van der Waals surface area contributed by atoms with Crippen LogP contribution < -0.4 is 5.32 Å². The molecule has 0 bridgehead atoms. The van der Waals surface area contributed by atoms with Crippen molar-refractivity contribution in [1.29, 1.82) is 0 Å². The highest BCUT2D eigenvalue weighted by molar-refractivity contribution is 6.07. The minimum Gasteiger partial charge on any atom is -0.340 e. The molecule has 0 unspecified atom stereocenters. The number of halogens is 1. The number of likely N-dealkylation sites (tertiary alicyclic amines) is 2. The number of imide groups is 1. The third-order valence-corrected chi connectivity index (χ3v) is 6.76. The quantitative estimate of drug-likeness (QED) is 0.760. The number of rotatable bonds is 4. The number of nitrogens with zero attached hydrogens (tertiary/aromatic N) is 3. The molecule has 3 heterocycles. The van der Waals surface area contributed by atoms with E-state index in [1.807, 2.05) is 0 Å². The highest BCUT2D eigenvalue weighted by Crippen LogP contribution is 2.32. The zero-order chi connectivity index (χ0) is 21.3. The van der Waals surface area contributed by atoms with Crippen LogP contribution in [-0.2, 0) is 16.0 Å². The van der Waals surface area contributed by atoms with E-state index in [4.69, 9.17) is 0 Å². The number of benzene rings is 1. The molecule has 1 atom stereocenters. The fraction of sp³-hybridized carbons (Fsp3) is 0.591. The maximum atomic E-state index is 13.9. The normalized spacial score (nSPS) is 24.4. The Morgan fingerprint density at radius 1 is 1.20 bits per heavy atom. The highest BCUT2D eigenvalue weighted by atomic mass is 19.1. The molecule has 0 radical (unpaired) electrons. The van der Waals surface area contributed by atoms with Gasteiger partial charge in [-0.15, -0.1) is 0 Å². The predicted octanol–water partition coefficient (Wildman–Crippen LogP) is 1.77. The molecule has 3 aliphatic heterocycles. The number of carbonyl (C=O) groups excluding carboxylic acids is 3. The Hall–Kier alpha value is -2.48. The van der Waals surface area contributed by atoms with Crippen molar-refractivity contribution in [3.63, 3.8) is 0 Å². The van der Waals surface area contributed by atoms with Gasteiger partial charge in [0, 0.05) is 26.2 Å². The summed E-state index contributed by atoms with van der Waals surface area (Å²) < 4.78 is 13.9. The van der Waals surface area contributed by atoms with E-state index in [0.717, 1.165) is 19.6 Å². The van der Waals surface area contributed by atoms with Crippen LogP contribution >= 0.6 is 0 Å². The van der Waals surface area contributed by atoms with Crippen molar-refractivity contribution < 1.29 is 18.8 Å². The monoisotopic (exact) mass is 416 g/mol. The Morgan fingerprint density at radius 3 is 2.63 bits per heavy atom. The van der Waals surface area contributed by atoms with Gasteiger partial charge >= 0.3 is 6.03 Å². The molecule has 1 aromatic rings. The summed E-state index contributed by atoms with van der Waals surface area (Å²) >= 11 is 0. The Bertz CT molecular complexity index is 837. The van der Waals surface area contributed by atoms with Gasteiger partial charge in [0.25, 0.3) is 5.91 Å². The molecule has 8 heteroatoms. The summed E-state index contributed by atoms with van der Waals surface area (Å²) in [6.07, 6.45) is 2.60. The van der Waals surface area contributed by atoms with E-state index >= 15 is 0 Å². The number of piperidine rings is 2. The topological polar surface area (TPSA) is 73.0 Å². The first-order chi connectivity index (χ1) is 14.4. The molecule has 3 aliphatic rings. The summed E-state index contributed by atoms with van der Waals surface area (Å²) in [5.41, 5.74) is -0.441. The van der Waals surface area contributed by atoms with E-state index in [9.17, 15) is 18.8 Å². The van der Waals surface area contributed by atoms with E-state index in [1.165, 1.54) is 11.0 Å². The van der Waals surface area contributed by atoms with E-state index in [-0.39, 0.29) is 30.3 Å². The van der Waals surface area contributed by atoms with Crippen LogP contribution in [0.25, 0.3) is 0 Å². The number of urea groups is 1. The van der Waals surface area contributed by atoms with Crippen molar-refractivity contribution in [3.05, 3.63) is 35.6 Å². The van der Waals surface area contributed by atoms with Gasteiger partial charge in [0.2, 0.25) is 5.91 Å². The second-order valence-corrected chi connectivity index (χ2v) is 8.53. The summed E-state index contributed by atoms with van der Waals surface area (Å²) in [5, 5.41) is 2.96. The molecule has 30 heavy (non-hydrogen) atoms. The first-order valence-corrected chi connectivity index (χ1v) is 10.8. The maximum absolute atomic E-state index is 13.9. The minimum atomic E-state index is -0.803. The van der Waals surface area contributed by atoms with Crippen LogP contribution in [0.3, 0.4) is 0 Å². The van der Waals surface area contributed by atoms with E-state index in [1.54, 1.807) is 23.1 Å². The third kappa shape index (κ3) is 3.80. The van der Waals surface area contributed by atoms with Crippen LogP contribution in [0.2, 0.25) is 0 Å². The molecule has 162 valence electrons. The summed E-state index contributed by atoms with van der Waals surface area (Å²) in [6.45, 7) is 5.47. The molecule has 0 aliphatic carbocycles. The van der Waals surface area contributed by atoms with Crippen molar-refractivity contribution in [2.24, 2.45) is 0 Å². The molecule has 3 fully saturated rings. The third-order valence-electron chi connectivity index (χ3n) is 6.76. The zero-order valence-electron chi connectivity index (χ0n) is 17.4. The smallest absolute Gasteiger partial charge is 0.325 e. The van der Waals surface area contributed by atoms with Gasteiger partial charge in [-0.1, -0.05) is 25.1 Å². The predicted molar refractivity (Wildman–Crippen MR) is 109 cm³/mol. The molecule has 0 saturated carbocycles. The number of carbonyl (C=O) groups is 3. The van der Waals surface area contributed by atoms with Crippen LogP contribution in [0.1, 0.15) is 38.2 Å². The Balaban J connectivity index is 1.43. The van der Waals surface area contributed by atoms with Gasteiger partial charge in [-0.3, -0.25) is 14.5 Å².